The molecule has 1 aliphatic rings. The van der Waals surface area contributed by atoms with Crippen LogP contribution in [0, 0.1) is 0 Å². The molecule has 2 unspecified atom stereocenters. The van der Waals surface area contributed by atoms with E-state index in [1.54, 1.807) is 11.6 Å². The third-order valence-electron chi connectivity index (χ3n) is 5.40. The number of alkyl halides is 3. The molecular formula is C24H25F3N4O2S. The van der Waals surface area contributed by atoms with E-state index in [1.807, 2.05) is 26.0 Å². The largest absolute Gasteiger partial charge is 0.416 e. The summed E-state index contributed by atoms with van der Waals surface area (Å²) >= 11 is 1.29. The number of anilines is 1. The van der Waals surface area contributed by atoms with Gasteiger partial charge in [-0.05, 0) is 37.6 Å². The van der Waals surface area contributed by atoms with Crippen molar-refractivity contribution in [1.82, 2.24) is 15.3 Å². The van der Waals surface area contributed by atoms with Gasteiger partial charge in [0, 0.05) is 36.8 Å². The third kappa shape index (κ3) is 6.12. The second kappa shape index (κ2) is 10.1. The fourth-order valence-corrected chi connectivity index (χ4v) is 4.65. The van der Waals surface area contributed by atoms with Crippen molar-refractivity contribution in [3.63, 3.8) is 0 Å². The van der Waals surface area contributed by atoms with Gasteiger partial charge in [0.05, 0.1) is 29.9 Å². The number of carbonyl (C=O) groups is 1. The highest BCUT2D eigenvalue weighted by molar-refractivity contribution is 7.13. The summed E-state index contributed by atoms with van der Waals surface area (Å²) < 4.78 is 43.9. The van der Waals surface area contributed by atoms with E-state index in [2.05, 4.69) is 20.2 Å². The highest BCUT2D eigenvalue weighted by Gasteiger charge is 2.30. The summed E-state index contributed by atoms with van der Waals surface area (Å²) in [6.07, 6.45) is -2.23. The first-order chi connectivity index (χ1) is 16.2. The summed E-state index contributed by atoms with van der Waals surface area (Å²) in [5.74, 6) is 0.694. The van der Waals surface area contributed by atoms with E-state index in [0.29, 0.717) is 22.8 Å². The molecule has 1 fully saturated rings. The Balaban J connectivity index is 1.29. The molecule has 180 valence electrons. The van der Waals surface area contributed by atoms with E-state index in [9.17, 15) is 18.0 Å². The molecule has 34 heavy (non-hydrogen) atoms. The molecule has 0 saturated carbocycles. The molecule has 0 aliphatic carbocycles. The summed E-state index contributed by atoms with van der Waals surface area (Å²) in [4.78, 5) is 23.5. The molecule has 3 heterocycles. The zero-order valence-electron chi connectivity index (χ0n) is 18.8. The van der Waals surface area contributed by atoms with Crippen LogP contribution in [0.2, 0.25) is 0 Å². The van der Waals surface area contributed by atoms with Crippen LogP contribution in [0.3, 0.4) is 0 Å². The van der Waals surface area contributed by atoms with Crippen molar-refractivity contribution in [2.45, 2.75) is 45.2 Å². The maximum atomic E-state index is 12.7. The highest BCUT2D eigenvalue weighted by atomic mass is 32.1. The van der Waals surface area contributed by atoms with Crippen molar-refractivity contribution in [1.29, 1.82) is 0 Å². The van der Waals surface area contributed by atoms with Gasteiger partial charge in [-0.1, -0.05) is 18.2 Å². The Morgan fingerprint density at radius 1 is 1.15 bits per heavy atom. The van der Waals surface area contributed by atoms with E-state index >= 15 is 0 Å². The minimum atomic E-state index is -4.37. The smallest absolute Gasteiger partial charge is 0.372 e. The topological polar surface area (TPSA) is 67.4 Å². The Bertz CT molecular complexity index is 1110. The number of pyridine rings is 1. The number of thiazole rings is 1. The van der Waals surface area contributed by atoms with Gasteiger partial charge in [-0.2, -0.15) is 13.2 Å². The zero-order valence-corrected chi connectivity index (χ0v) is 19.6. The Labute approximate surface area is 199 Å². The van der Waals surface area contributed by atoms with Crippen molar-refractivity contribution < 1.29 is 22.7 Å². The van der Waals surface area contributed by atoms with E-state index < -0.39 is 11.7 Å². The lowest BCUT2D eigenvalue weighted by Gasteiger charge is -2.36. The molecule has 6 nitrogen and oxygen atoms in total. The number of benzene rings is 1. The van der Waals surface area contributed by atoms with Crippen LogP contribution in [0.25, 0.3) is 10.6 Å². The second-order valence-corrected chi connectivity index (χ2v) is 9.22. The molecule has 1 N–H and O–H groups in total. The van der Waals surface area contributed by atoms with Crippen LogP contribution in [0.15, 0.2) is 48.0 Å². The van der Waals surface area contributed by atoms with Crippen LogP contribution >= 0.6 is 11.3 Å². The van der Waals surface area contributed by atoms with Crippen LogP contribution < -0.4 is 10.2 Å². The highest BCUT2D eigenvalue weighted by Crippen LogP contribution is 2.31. The number of rotatable bonds is 6. The summed E-state index contributed by atoms with van der Waals surface area (Å²) in [6, 6.07) is 8.73. The van der Waals surface area contributed by atoms with Crippen molar-refractivity contribution in [2.24, 2.45) is 0 Å². The molecule has 0 bridgehead atoms. The van der Waals surface area contributed by atoms with Gasteiger partial charge in [0.1, 0.15) is 10.8 Å². The fourth-order valence-electron chi connectivity index (χ4n) is 3.82. The molecular weight excluding hydrogens is 465 g/mol. The lowest BCUT2D eigenvalue weighted by atomic mass is 10.1. The van der Waals surface area contributed by atoms with Crippen molar-refractivity contribution in [3.05, 3.63) is 64.8 Å². The predicted octanol–water partition coefficient (Wildman–Crippen LogP) is 4.70. The number of ether oxygens (including phenoxy) is 1. The van der Waals surface area contributed by atoms with Gasteiger partial charge in [-0.3, -0.25) is 4.79 Å². The van der Waals surface area contributed by atoms with Crippen molar-refractivity contribution in [2.75, 3.05) is 18.0 Å². The second-order valence-electron chi connectivity index (χ2n) is 8.36. The summed E-state index contributed by atoms with van der Waals surface area (Å²) in [5, 5.41) is 5.18. The molecule has 0 radical (unpaired) electrons. The molecule has 1 saturated heterocycles. The number of amides is 1. The Morgan fingerprint density at radius 2 is 1.85 bits per heavy atom. The van der Waals surface area contributed by atoms with Crippen molar-refractivity contribution in [3.8, 4) is 10.6 Å². The number of morpholine rings is 1. The molecule has 3 aromatic rings. The van der Waals surface area contributed by atoms with Crippen LogP contribution in [-0.4, -0.2) is 41.2 Å². The molecule has 1 aromatic carbocycles. The summed E-state index contributed by atoms with van der Waals surface area (Å²) in [5.41, 5.74) is 1.33. The lowest BCUT2D eigenvalue weighted by molar-refractivity contribution is -0.137. The quantitative estimate of drug-likeness (QED) is 0.543. The monoisotopic (exact) mass is 490 g/mol. The van der Waals surface area contributed by atoms with Gasteiger partial charge in [0.25, 0.3) is 0 Å². The Kier molecular flexibility index (Phi) is 7.18. The molecule has 2 aromatic heterocycles. The SMILES string of the molecule is CC1CN(c2ccc(CNC(=O)Cc3csc(-c4ccc(C(F)(F)F)cc4)n3)cn2)CC(C)O1. The first kappa shape index (κ1) is 24.2. The van der Waals surface area contributed by atoms with Crippen LogP contribution in [0.5, 0.6) is 0 Å². The van der Waals surface area contributed by atoms with Gasteiger partial charge in [-0.15, -0.1) is 11.3 Å². The Morgan fingerprint density at radius 3 is 2.47 bits per heavy atom. The van der Waals surface area contributed by atoms with E-state index in [1.165, 1.54) is 23.5 Å². The minimum Gasteiger partial charge on any atom is -0.372 e. The predicted molar refractivity (Wildman–Crippen MR) is 125 cm³/mol. The van der Waals surface area contributed by atoms with Crippen LogP contribution in [0.4, 0.5) is 19.0 Å². The molecule has 1 aliphatic heterocycles. The number of halogens is 3. The molecule has 0 spiro atoms. The maximum Gasteiger partial charge on any atom is 0.416 e. The fraction of sp³-hybridized carbons (Fsp3) is 0.375. The molecule has 4 rings (SSSR count). The summed E-state index contributed by atoms with van der Waals surface area (Å²) in [7, 11) is 0. The van der Waals surface area contributed by atoms with Gasteiger partial charge in [0.2, 0.25) is 5.91 Å². The average Bonchev–Trinajstić information content (AvgIpc) is 3.25. The zero-order chi connectivity index (χ0) is 24.3. The van der Waals surface area contributed by atoms with Crippen molar-refractivity contribution >= 4 is 23.1 Å². The lowest BCUT2D eigenvalue weighted by Crippen LogP contribution is -2.45. The molecule has 2 atom stereocenters. The van der Waals surface area contributed by atoms with Gasteiger partial charge >= 0.3 is 6.18 Å². The maximum absolute atomic E-state index is 12.7. The van der Waals surface area contributed by atoms with E-state index in [-0.39, 0.29) is 24.5 Å². The van der Waals surface area contributed by atoms with Gasteiger partial charge in [0.15, 0.2) is 0 Å². The molecule has 10 heteroatoms. The minimum absolute atomic E-state index is 0.0895. The average molecular weight is 491 g/mol. The first-order valence-corrected chi connectivity index (χ1v) is 11.8. The van der Waals surface area contributed by atoms with Gasteiger partial charge < -0.3 is 15.0 Å². The van der Waals surface area contributed by atoms with Gasteiger partial charge in [-0.25, -0.2) is 9.97 Å². The number of nitrogens with zero attached hydrogens (tertiary/aromatic N) is 3. The number of nitrogens with one attached hydrogen (secondary N) is 1. The van der Waals surface area contributed by atoms with E-state index in [4.69, 9.17) is 4.74 Å². The number of aromatic nitrogens is 2. The third-order valence-corrected chi connectivity index (χ3v) is 6.34. The first-order valence-electron chi connectivity index (χ1n) is 10.9. The number of carbonyl (C=O) groups excluding carboxylic acids is 1. The normalized spacial score (nSPS) is 18.7. The standard InChI is InChI=1S/C24H25F3N4O2S/c1-15-12-31(13-16(2)33-15)21-8-3-17(10-28-21)11-29-22(32)9-20-14-34-23(30-20)18-4-6-19(7-5-18)24(25,26)27/h3-8,10,14-16H,9,11-13H2,1-2H3,(H,29,32). The number of hydrogen-bond donors (Lipinski definition) is 1. The number of hydrogen-bond acceptors (Lipinski definition) is 6. The van der Waals surface area contributed by atoms with E-state index in [0.717, 1.165) is 36.6 Å². The molecule has 1 amide bonds. The van der Waals surface area contributed by atoms with Crippen LogP contribution in [-0.2, 0) is 28.7 Å². The summed E-state index contributed by atoms with van der Waals surface area (Å²) in [6.45, 7) is 6.01. The Hall–Kier alpha value is -2.98. The van der Waals surface area contributed by atoms with Crippen LogP contribution in [0.1, 0.15) is 30.7 Å².